The molecule has 4 rings (SSSR count). The molecule has 4 aromatic rings. The quantitative estimate of drug-likeness (QED) is 0.587. The Balaban J connectivity index is 1.64. The van der Waals surface area contributed by atoms with E-state index in [2.05, 4.69) is 20.4 Å². The molecule has 0 unspecified atom stereocenters. The average Bonchev–Trinajstić information content (AvgIpc) is 3.19. The minimum Gasteiger partial charge on any atom is -0.334 e. The molecule has 0 saturated heterocycles. The number of anilines is 1. The zero-order valence-electron chi connectivity index (χ0n) is 14.6. The standard InChI is InChI=1S/C21H16N4O2/c1-14-6-4-7-15(12-14)20(26)23-18-10-3-2-9-17(18)21-24-19(25-27-21)16-8-5-11-22-13-16/h2-13H,1H3,(H,23,26). The van der Waals surface area contributed by atoms with E-state index in [0.717, 1.165) is 11.1 Å². The maximum Gasteiger partial charge on any atom is 0.260 e. The van der Waals surface area contributed by atoms with E-state index < -0.39 is 0 Å². The van der Waals surface area contributed by atoms with Crippen LogP contribution in [0.3, 0.4) is 0 Å². The number of rotatable bonds is 4. The summed E-state index contributed by atoms with van der Waals surface area (Å²) in [5, 5.41) is 6.94. The number of amides is 1. The van der Waals surface area contributed by atoms with Crippen molar-refractivity contribution in [2.24, 2.45) is 0 Å². The Morgan fingerprint density at radius 2 is 1.93 bits per heavy atom. The molecule has 0 aliphatic carbocycles. The van der Waals surface area contributed by atoms with Gasteiger partial charge in [-0.1, -0.05) is 35.0 Å². The van der Waals surface area contributed by atoms with Gasteiger partial charge < -0.3 is 9.84 Å². The minimum absolute atomic E-state index is 0.196. The topological polar surface area (TPSA) is 80.9 Å². The zero-order valence-corrected chi connectivity index (χ0v) is 14.6. The smallest absolute Gasteiger partial charge is 0.260 e. The molecule has 0 fully saturated rings. The molecule has 2 heterocycles. The molecule has 0 aliphatic rings. The zero-order chi connectivity index (χ0) is 18.6. The summed E-state index contributed by atoms with van der Waals surface area (Å²) in [6.07, 6.45) is 3.35. The number of aromatic nitrogens is 3. The van der Waals surface area contributed by atoms with Crippen molar-refractivity contribution < 1.29 is 9.32 Å². The van der Waals surface area contributed by atoms with Gasteiger partial charge >= 0.3 is 0 Å². The Hall–Kier alpha value is -3.80. The summed E-state index contributed by atoms with van der Waals surface area (Å²) in [6, 6.07) is 18.4. The Bertz CT molecular complexity index is 1090. The number of carbonyl (C=O) groups excluding carboxylic acids is 1. The average molecular weight is 356 g/mol. The van der Waals surface area contributed by atoms with E-state index in [-0.39, 0.29) is 5.91 Å². The van der Waals surface area contributed by atoms with E-state index in [0.29, 0.717) is 28.5 Å². The fourth-order valence-electron chi connectivity index (χ4n) is 2.70. The van der Waals surface area contributed by atoms with Crippen LogP contribution in [-0.2, 0) is 0 Å². The van der Waals surface area contributed by atoms with Crippen molar-refractivity contribution in [2.75, 3.05) is 5.32 Å². The molecule has 0 atom stereocenters. The molecular weight excluding hydrogens is 340 g/mol. The summed E-state index contributed by atoms with van der Waals surface area (Å²) in [5.41, 5.74) is 3.63. The number of nitrogens with one attached hydrogen (secondary N) is 1. The van der Waals surface area contributed by atoms with Gasteiger partial charge in [-0.3, -0.25) is 9.78 Å². The highest BCUT2D eigenvalue weighted by molar-refractivity contribution is 6.06. The Labute approximate surface area is 155 Å². The Morgan fingerprint density at radius 3 is 2.74 bits per heavy atom. The first kappa shape index (κ1) is 16.7. The molecule has 0 saturated carbocycles. The van der Waals surface area contributed by atoms with Crippen molar-refractivity contribution in [1.29, 1.82) is 0 Å². The Morgan fingerprint density at radius 1 is 1.04 bits per heavy atom. The number of pyridine rings is 1. The molecule has 132 valence electrons. The van der Waals surface area contributed by atoms with Crippen molar-refractivity contribution in [1.82, 2.24) is 15.1 Å². The van der Waals surface area contributed by atoms with Gasteiger partial charge in [0.2, 0.25) is 5.82 Å². The second-order valence-corrected chi connectivity index (χ2v) is 6.03. The molecule has 0 radical (unpaired) electrons. The van der Waals surface area contributed by atoms with Gasteiger partial charge in [0, 0.05) is 23.5 Å². The predicted molar refractivity (Wildman–Crippen MR) is 102 cm³/mol. The highest BCUT2D eigenvalue weighted by atomic mass is 16.5. The fourth-order valence-corrected chi connectivity index (χ4v) is 2.70. The van der Waals surface area contributed by atoms with E-state index in [9.17, 15) is 4.79 Å². The summed E-state index contributed by atoms with van der Waals surface area (Å²) >= 11 is 0. The van der Waals surface area contributed by atoms with E-state index in [1.807, 2.05) is 49.4 Å². The maximum absolute atomic E-state index is 12.6. The molecule has 2 aromatic heterocycles. The van der Waals surface area contributed by atoms with Gasteiger partial charge in [-0.2, -0.15) is 4.98 Å². The van der Waals surface area contributed by atoms with Gasteiger partial charge in [0.15, 0.2) is 0 Å². The second kappa shape index (κ2) is 7.21. The number of aryl methyl sites for hydroxylation is 1. The number of nitrogens with zero attached hydrogens (tertiary/aromatic N) is 3. The van der Waals surface area contributed by atoms with Crippen molar-refractivity contribution in [3.63, 3.8) is 0 Å². The van der Waals surface area contributed by atoms with E-state index in [1.54, 1.807) is 30.6 Å². The molecule has 1 amide bonds. The molecule has 0 spiro atoms. The van der Waals surface area contributed by atoms with Gasteiger partial charge in [-0.25, -0.2) is 0 Å². The second-order valence-electron chi connectivity index (χ2n) is 6.03. The normalized spacial score (nSPS) is 10.6. The number of carbonyl (C=O) groups is 1. The van der Waals surface area contributed by atoms with E-state index in [4.69, 9.17) is 4.52 Å². The number of hydrogen-bond acceptors (Lipinski definition) is 5. The summed E-state index contributed by atoms with van der Waals surface area (Å²) in [7, 11) is 0. The van der Waals surface area contributed by atoms with Crippen LogP contribution in [0.5, 0.6) is 0 Å². The van der Waals surface area contributed by atoms with Crippen molar-refractivity contribution in [3.8, 4) is 22.8 Å². The molecule has 0 aliphatic heterocycles. The lowest BCUT2D eigenvalue weighted by Crippen LogP contribution is -2.12. The summed E-state index contributed by atoms with van der Waals surface area (Å²) in [5.74, 6) is 0.574. The summed E-state index contributed by atoms with van der Waals surface area (Å²) in [6.45, 7) is 1.95. The third-order valence-electron chi connectivity index (χ3n) is 4.03. The van der Waals surface area contributed by atoms with Gasteiger partial charge in [-0.15, -0.1) is 0 Å². The van der Waals surface area contributed by atoms with E-state index >= 15 is 0 Å². The highest BCUT2D eigenvalue weighted by Gasteiger charge is 2.16. The monoisotopic (exact) mass is 356 g/mol. The predicted octanol–water partition coefficient (Wildman–Crippen LogP) is 4.36. The molecule has 1 N–H and O–H groups in total. The van der Waals surface area contributed by atoms with Crippen molar-refractivity contribution in [2.45, 2.75) is 6.92 Å². The Kier molecular flexibility index (Phi) is 4.45. The van der Waals surface area contributed by atoms with Crippen LogP contribution >= 0.6 is 0 Å². The third kappa shape index (κ3) is 3.59. The van der Waals surface area contributed by atoms with Gasteiger partial charge in [0.05, 0.1) is 11.3 Å². The van der Waals surface area contributed by atoms with Crippen LogP contribution in [0.1, 0.15) is 15.9 Å². The van der Waals surface area contributed by atoms with Gasteiger partial charge in [-0.05, 0) is 43.3 Å². The molecule has 2 aromatic carbocycles. The largest absolute Gasteiger partial charge is 0.334 e. The first-order valence-electron chi connectivity index (χ1n) is 8.42. The fraction of sp³-hybridized carbons (Fsp3) is 0.0476. The lowest BCUT2D eigenvalue weighted by atomic mass is 10.1. The lowest BCUT2D eigenvalue weighted by Gasteiger charge is -2.09. The number of hydrogen-bond donors (Lipinski definition) is 1. The van der Waals surface area contributed by atoms with Crippen molar-refractivity contribution >= 4 is 11.6 Å². The first-order valence-corrected chi connectivity index (χ1v) is 8.42. The van der Waals surface area contributed by atoms with Crippen LogP contribution in [0.2, 0.25) is 0 Å². The first-order chi connectivity index (χ1) is 13.2. The SMILES string of the molecule is Cc1cccc(C(=O)Nc2ccccc2-c2nc(-c3cccnc3)no2)c1. The molecule has 27 heavy (non-hydrogen) atoms. The van der Waals surface area contributed by atoms with Crippen LogP contribution in [0, 0.1) is 6.92 Å². The summed E-state index contributed by atoms with van der Waals surface area (Å²) in [4.78, 5) is 21.1. The number of para-hydroxylation sites is 1. The molecule has 6 nitrogen and oxygen atoms in total. The summed E-state index contributed by atoms with van der Waals surface area (Å²) < 4.78 is 5.41. The molecule has 0 bridgehead atoms. The van der Waals surface area contributed by atoms with Gasteiger partial charge in [0.25, 0.3) is 11.8 Å². The lowest BCUT2D eigenvalue weighted by molar-refractivity contribution is 0.102. The molecular formula is C21H16N4O2. The van der Waals surface area contributed by atoms with Crippen LogP contribution in [0.25, 0.3) is 22.8 Å². The van der Waals surface area contributed by atoms with Crippen LogP contribution in [0.15, 0.2) is 77.6 Å². The van der Waals surface area contributed by atoms with Crippen LogP contribution in [-0.4, -0.2) is 21.0 Å². The van der Waals surface area contributed by atoms with E-state index in [1.165, 1.54) is 0 Å². The van der Waals surface area contributed by atoms with Gasteiger partial charge in [0.1, 0.15) is 0 Å². The number of benzene rings is 2. The highest BCUT2D eigenvalue weighted by Crippen LogP contribution is 2.28. The van der Waals surface area contributed by atoms with Crippen LogP contribution < -0.4 is 5.32 Å². The van der Waals surface area contributed by atoms with Crippen LogP contribution in [0.4, 0.5) is 5.69 Å². The minimum atomic E-state index is -0.196. The molecule has 6 heteroatoms. The third-order valence-corrected chi connectivity index (χ3v) is 4.03. The maximum atomic E-state index is 12.6. The van der Waals surface area contributed by atoms with Crippen molar-refractivity contribution in [3.05, 3.63) is 84.2 Å².